The van der Waals surface area contributed by atoms with Gasteiger partial charge in [-0.25, -0.2) is 4.98 Å². The van der Waals surface area contributed by atoms with Gasteiger partial charge in [-0.2, -0.15) is 0 Å². The molecular weight excluding hydrogens is 310 g/mol. The van der Waals surface area contributed by atoms with E-state index < -0.39 is 0 Å². The molecule has 0 fully saturated rings. The highest BCUT2D eigenvalue weighted by atomic mass is 16.5. The van der Waals surface area contributed by atoms with E-state index in [1.54, 1.807) is 7.11 Å². The number of nitrogens with zero attached hydrogens (tertiary/aromatic N) is 2. The molecular formula is C21H19N3O. The van der Waals surface area contributed by atoms with Gasteiger partial charge in [0, 0.05) is 35.7 Å². The predicted molar refractivity (Wildman–Crippen MR) is 101 cm³/mol. The van der Waals surface area contributed by atoms with Gasteiger partial charge in [-0.05, 0) is 42.0 Å². The standard InChI is InChI=1S/C21H19N3O/c1-25-18-9-7-17(8-10-18)24-14-12-19-20(11-13-22-21(19)24)23-15-16-5-3-2-4-6-16/h2-14H,15H2,1H3,(H,22,23). The summed E-state index contributed by atoms with van der Waals surface area (Å²) in [5.74, 6) is 0.846. The van der Waals surface area contributed by atoms with Crippen molar-refractivity contribution in [3.63, 3.8) is 0 Å². The number of anilines is 1. The number of hydrogen-bond acceptors (Lipinski definition) is 3. The van der Waals surface area contributed by atoms with Crippen molar-refractivity contribution in [3.05, 3.63) is 84.7 Å². The molecule has 1 N–H and O–H groups in total. The Morgan fingerprint density at radius 2 is 1.76 bits per heavy atom. The molecule has 0 bridgehead atoms. The topological polar surface area (TPSA) is 39.1 Å². The lowest BCUT2D eigenvalue weighted by Gasteiger charge is -2.09. The molecule has 4 nitrogen and oxygen atoms in total. The molecule has 25 heavy (non-hydrogen) atoms. The molecule has 0 aliphatic carbocycles. The lowest BCUT2D eigenvalue weighted by atomic mass is 10.2. The van der Waals surface area contributed by atoms with Crippen LogP contribution < -0.4 is 10.1 Å². The van der Waals surface area contributed by atoms with E-state index in [0.29, 0.717) is 0 Å². The molecule has 4 rings (SSSR count). The third kappa shape index (κ3) is 3.06. The zero-order valence-corrected chi connectivity index (χ0v) is 14.0. The Morgan fingerprint density at radius 1 is 0.960 bits per heavy atom. The molecule has 4 aromatic rings. The summed E-state index contributed by atoms with van der Waals surface area (Å²) < 4.78 is 7.32. The Bertz CT molecular complexity index is 975. The molecule has 4 heteroatoms. The number of nitrogens with one attached hydrogen (secondary N) is 1. The van der Waals surface area contributed by atoms with E-state index >= 15 is 0 Å². The maximum Gasteiger partial charge on any atom is 0.146 e. The van der Waals surface area contributed by atoms with E-state index in [-0.39, 0.29) is 0 Å². The van der Waals surface area contributed by atoms with Crippen LogP contribution in [-0.4, -0.2) is 16.7 Å². The van der Waals surface area contributed by atoms with Gasteiger partial charge in [-0.1, -0.05) is 30.3 Å². The van der Waals surface area contributed by atoms with E-state index in [1.165, 1.54) is 5.56 Å². The van der Waals surface area contributed by atoms with E-state index in [0.717, 1.165) is 34.7 Å². The third-order valence-corrected chi connectivity index (χ3v) is 4.26. The second kappa shape index (κ2) is 6.69. The summed E-state index contributed by atoms with van der Waals surface area (Å²) in [6, 6.07) is 22.5. The maximum absolute atomic E-state index is 5.23. The van der Waals surface area contributed by atoms with Crippen LogP contribution in [0, 0.1) is 0 Å². The van der Waals surface area contributed by atoms with Crippen LogP contribution in [0.5, 0.6) is 5.75 Å². The van der Waals surface area contributed by atoms with Crippen LogP contribution in [0.3, 0.4) is 0 Å². The van der Waals surface area contributed by atoms with Gasteiger partial charge < -0.3 is 14.6 Å². The molecule has 0 unspecified atom stereocenters. The zero-order chi connectivity index (χ0) is 17.1. The van der Waals surface area contributed by atoms with Crippen LogP contribution in [0.25, 0.3) is 16.7 Å². The minimum atomic E-state index is 0.785. The third-order valence-electron chi connectivity index (χ3n) is 4.26. The fraction of sp³-hybridized carbons (Fsp3) is 0.0952. The van der Waals surface area contributed by atoms with Gasteiger partial charge in [0.15, 0.2) is 0 Å². The molecule has 2 heterocycles. The van der Waals surface area contributed by atoms with Crippen LogP contribution in [-0.2, 0) is 6.54 Å². The smallest absolute Gasteiger partial charge is 0.146 e. The first-order valence-corrected chi connectivity index (χ1v) is 8.23. The number of ether oxygens (including phenoxy) is 1. The predicted octanol–water partition coefficient (Wildman–Crippen LogP) is 4.65. The average molecular weight is 329 g/mol. The summed E-state index contributed by atoms with van der Waals surface area (Å²) in [5, 5.41) is 4.62. The largest absolute Gasteiger partial charge is 0.497 e. The Balaban J connectivity index is 1.65. The maximum atomic E-state index is 5.23. The number of hydrogen-bond donors (Lipinski definition) is 1. The molecule has 0 saturated heterocycles. The van der Waals surface area contributed by atoms with Crippen molar-refractivity contribution in [2.45, 2.75) is 6.54 Å². The molecule has 0 aliphatic rings. The highest BCUT2D eigenvalue weighted by molar-refractivity contribution is 5.90. The van der Waals surface area contributed by atoms with Gasteiger partial charge in [0.25, 0.3) is 0 Å². The fourth-order valence-electron chi connectivity index (χ4n) is 2.94. The summed E-state index contributed by atoms with van der Waals surface area (Å²) >= 11 is 0. The number of rotatable bonds is 5. The number of methoxy groups -OCH3 is 1. The fourth-order valence-corrected chi connectivity index (χ4v) is 2.94. The second-order valence-electron chi connectivity index (χ2n) is 5.82. The molecule has 2 aromatic carbocycles. The van der Waals surface area contributed by atoms with Gasteiger partial charge in [-0.15, -0.1) is 0 Å². The molecule has 2 aromatic heterocycles. The zero-order valence-electron chi connectivity index (χ0n) is 14.0. The number of pyridine rings is 1. The van der Waals surface area contributed by atoms with Crippen molar-refractivity contribution in [1.29, 1.82) is 0 Å². The summed E-state index contributed by atoms with van der Waals surface area (Å²) in [4.78, 5) is 4.57. The minimum absolute atomic E-state index is 0.785. The highest BCUT2D eigenvalue weighted by Crippen LogP contribution is 2.26. The lowest BCUT2D eigenvalue weighted by Crippen LogP contribution is -2.00. The minimum Gasteiger partial charge on any atom is -0.497 e. The Kier molecular flexibility index (Phi) is 4.09. The van der Waals surface area contributed by atoms with Crippen LogP contribution >= 0.6 is 0 Å². The molecule has 0 atom stereocenters. The van der Waals surface area contributed by atoms with Crippen LogP contribution in [0.1, 0.15) is 5.56 Å². The summed E-state index contributed by atoms with van der Waals surface area (Å²) in [6.45, 7) is 0.785. The summed E-state index contributed by atoms with van der Waals surface area (Å²) in [7, 11) is 1.67. The van der Waals surface area contributed by atoms with Gasteiger partial charge in [0.1, 0.15) is 11.4 Å². The summed E-state index contributed by atoms with van der Waals surface area (Å²) in [6.07, 6.45) is 3.89. The second-order valence-corrected chi connectivity index (χ2v) is 5.82. The molecule has 0 spiro atoms. The van der Waals surface area contributed by atoms with Crippen molar-refractivity contribution in [2.75, 3.05) is 12.4 Å². The van der Waals surface area contributed by atoms with Gasteiger partial charge in [0.2, 0.25) is 0 Å². The monoisotopic (exact) mass is 329 g/mol. The van der Waals surface area contributed by atoms with E-state index in [4.69, 9.17) is 4.74 Å². The molecule has 0 amide bonds. The average Bonchev–Trinajstić information content (AvgIpc) is 3.12. The summed E-state index contributed by atoms with van der Waals surface area (Å²) in [5.41, 5.74) is 4.33. The SMILES string of the molecule is COc1ccc(-n2ccc3c(NCc4ccccc4)ccnc32)cc1. The van der Waals surface area contributed by atoms with Crippen LogP contribution in [0.15, 0.2) is 79.1 Å². The lowest BCUT2D eigenvalue weighted by molar-refractivity contribution is 0.415. The Morgan fingerprint density at radius 3 is 2.52 bits per heavy atom. The van der Waals surface area contributed by atoms with Crippen molar-refractivity contribution < 1.29 is 4.74 Å². The first-order chi connectivity index (χ1) is 12.3. The van der Waals surface area contributed by atoms with E-state index in [2.05, 4.69) is 45.2 Å². The Labute approximate surface area is 146 Å². The Hall–Kier alpha value is -3.27. The first-order valence-electron chi connectivity index (χ1n) is 8.23. The number of aromatic nitrogens is 2. The van der Waals surface area contributed by atoms with Crippen LogP contribution in [0.4, 0.5) is 5.69 Å². The molecule has 0 aliphatic heterocycles. The van der Waals surface area contributed by atoms with Gasteiger partial charge in [0.05, 0.1) is 7.11 Å². The van der Waals surface area contributed by atoms with Crippen molar-refractivity contribution >= 4 is 16.7 Å². The highest BCUT2D eigenvalue weighted by Gasteiger charge is 2.08. The quantitative estimate of drug-likeness (QED) is 0.579. The number of fused-ring (bicyclic) bond motifs is 1. The van der Waals surface area contributed by atoms with E-state index in [1.807, 2.05) is 48.8 Å². The van der Waals surface area contributed by atoms with Crippen molar-refractivity contribution in [2.24, 2.45) is 0 Å². The molecule has 0 saturated carbocycles. The molecule has 124 valence electrons. The van der Waals surface area contributed by atoms with E-state index in [9.17, 15) is 0 Å². The number of benzene rings is 2. The normalized spacial score (nSPS) is 10.8. The van der Waals surface area contributed by atoms with Gasteiger partial charge in [-0.3, -0.25) is 0 Å². The molecule has 0 radical (unpaired) electrons. The van der Waals surface area contributed by atoms with Gasteiger partial charge >= 0.3 is 0 Å². The van der Waals surface area contributed by atoms with Crippen LogP contribution in [0.2, 0.25) is 0 Å². The van der Waals surface area contributed by atoms with Crippen molar-refractivity contribution in [3.8, 4) is 11.4 Å². The first kappa shape index (κ1) is 15.3. The van der Waals surface area contributed by atoms with Crippen molar-refractivity contribution in [1.82, 2.24) is 9.55 Å².